The molecular weight excluding hydrogens is 412 g/mol. The van der Waals surface area contributed by atoms with Gasteiger partial charge in [-0.1, -0.05) is 0 Å². The second-order valence-electron chi connectivity index (χ2n) is 8.05. The van der Waals surface area contributed by atoms with Crippen LogP contribution < -0.4 is 11.1 Å². The van der Waals surface area contributed by atoms with Crippen LogP contribution in [0.1, 0.15) is 46.6 Å². The van der Waals surface area contributed by atoms with Crippen LogP contribution in [0, 0.1) is 13.8 Å². The Hall–Kier alpha value is -2.08. The molecule has 1 aromatic heterocycles. The molecule has 0 aromatic carbocycles. The van der Waals surface area contributed by atoms with Crippen LogP contribution in [0.15, 0.2) is 0 Å². The number of carbonyl (C=O) groups is 3. The van der Waals surface area contributed by atoms with E-state index in [0.29, 0.717) is 30.1 Å². The molecule has 11 heteroatoms. The summed E-state index contributed by atoms with van der Waals surface area (Å²) >= 11 is 1.35. The second kappa shape index (κ2) is 9.82. The van der Waals surface area contributed by atoms with Gasteiger partial charge in [-0.2, -0.15) is 0 Å². The van der Waals surface area contributed by atoms with Gasteiger partial charge in [0.1, 0.15) is 4.88 Å². The number of carboxylic acid groups (broad SMARTS) is 1. The maximum Gasteiger partial charge on any atom is 0.290 e. The van der Waals surface area contributed by atoms with Crippen molar-refractivity contribution >= 4 is 29.6 Å². The smallest absolute Gasteiger partial charge is 0.290 e. The highest BCUT2D eigenvalue weighted by Crippen LogP contribution is 2.39. The molecular formula is C19H30N4O6S. The topological polar surface area (TPSA) is 155 Å². The normalized spacial score (nSPS) is 25.8. The largest absolute Gasteiger partial charge is 0.483 e. The molecule has 2 fully saturated rings. The molecule has 0 radical (unpaired) electrons. The highest BCUT2D eigenvalue weighted by Gasteiger charge is 2.49. The molecule has 2 amide bonds. The standard InChI is InChI=1S/C18H28N4O4S.CH2O2/c1-11-15(27-12(2)20-11)16(24)21-13-9-26-18(10-17(13,3)25)4-6-22(7-5-18)8-14(19)23;2-1-3/h13,25H,4-10H2,1-3H3,(H2,19,23)(H,21,24);1H,(H,2,3)/t13-,17-;/m0./s1. The van der Waals surface area contributed by atoms with E-state index in [1.807, 2.05) is 18.7 Å². The zero-order valence-electron chi connectivity index (χ0n) is 17.5. The molecule has 2 aliphatic rings. The van der Waals surface area contributed by atoms with Gasteiger partial charge in [0.15, 0.2) is 0 Å². The summed E-state index contributed by atoms with van der Waals surface area (Å²) in [6.45, 7) is 7.09. The predicted molar refractivity (Wildman–Crippen MR) is 110 cm³/mol. The van der Waals surface area contributed by atoms with Crippen molar-refractivity contribution in [3.05, 3.63) is 15.6 Å². The zero-order chi connectivity index (χ0) is 22.5. The van der Waals surface area contributed by atoms with Crippen molar-refractivity contribution in [1.82, 2.24) is 15.2 Å². The maximum absolute atomic E-state index is 12.6. The van der Waals surface area contributed by atoms with Crippen LogP contribution in [-0.2, 0) is 14.3 Å². The Morgan fingerprint density at radius 3 is 2.47 bits per heavy atom. The number of nitrogens with one attached hydrogen (secondary N) is 1. The molecule has 0 unspecified atom stereocenters. The fraction of sp³-hybridized carbons (Fsp3) is 0.684. The molecule has 168 valence electrons. The van der Waals surface area contributed by atoms with E-state index in [-0.39, 0.29) is 31.4 Å². The summed E-state index contributed by atoms with van der Waals surface area (Å²) in [5.74, 6) is -0.557. The van der Waals surface area contributed by atoms with Gasteiger partial charge in [0.05, 0.1) is 41.1 Å². The van der Waals surface area contributed by atoms with Crippen molar-refractivity contribution in [2.75, 3.05) is 26.2 Å². The minimum Gasteiger partial charge on any atom is -0.483 e. The van der Waals surface area contributed by atoms with Crippen LogP contribution in [-0.4, -0.2) is 81.9 Å². The Morgan fingerprint density at radius 2 is 2.00 bits per heavy atom. The summed E-state index contributed by atoms with van der Waals surface area (Å²) in [5, 5.41) is 21.7. The number of nitrogens with zero attached hydrogens (tertiary/aromatic N) is 2. The number of primary amides is 1. The number of nitrogens with two attached hydrogens (primary N) is 1. The van der Waals surface area contributed by atoms with Gasteiger partial charge in [0.25, 0.3) is 12.4 Å². The molecule has 2 saturated heterocycles. The van der Waals surface area contributed by atoms with Crippen molar-refractivity contribution in [2.45, 2.75) is 57.3 Å². The Balaban J connectivity index is 0.00000101. The number of aromatic nitrogens is 1. The van der Waals surface area contributed by atoms with E-state index in [1.54, 1.807) is 6.92 Å². The predicted octanol–water partition coefficient (Wildman–Crippen LogP) is 0.0503. The van der Waals surface area contributed by atoms with Gasteiger partial charge in [-0.05, 0) is 33.6 Å². The maximum atomic E-state index is 12.6. The molecule has 0 aliphatic carbocycles. The fourth-order valence-corrected chi connectivity index (χ4v) is 4.91. The molecule has 0 bridgehead atoms. The average molecular weight is 443 g/mol. The van der Waals surface area contributed by atoms with Crippen LogP contribution in [0.4, 0.5) is 0 Å². The molecule has 3 rings (SSSR count). The van der Waals surface area contributed by atoms with Gasteiger partial charge in [-0.25, -0.2) is 4.98 Å². The summed E-state index contributed by atoms with van der Waals surface area (Å²) in [7, 11) is 0. The van der Waals surface area contributed by atoms with Crippen LogP contribution in [0.5, 0.6) is 0 Å². The molecule has 30 heavy (non-hydrogen) atoms. The molecule has 1 aromatic rings. The van der Waals surface area contributed by atoms with E-state index in [4.69, 9.17) is 20.4 Å². The molecule has 0 saturated carbocycles. The van der Waals surface area contributed by atoms with Crippen LogP contribution in [0.2, 0.25) is 0 Å². The lowest BCUT2D eigenvalue weighted by molar-refractivity contribution is -0.186. The summed E-state index contributed by atoms with van der Waals surface area (Å²) in [6.07, 6.45) is 1.89. The van der Waals surface area contributed by atoms with Gasteiger partial charge in [0.2, 0.25) is 5.91 Å². The molecule has 10 nitrogen and oxygen atoms in total. The first-order chi connectivity index (χ1) is 14.0. The number of carbonyl (C=O) groups excluding carboxylic acids is 2. The summed E-state index contributed by atoms with van der Waals surface area (Å²) < 4.78 is 6.15. The molecule has 2 aliphatic heterocycles. The number of hydrogen-bond acceptors (Lipinski definition) is 8. The Labute approximate surface area is 179 Å². The number of ether oxygens (including phenoxy) is 1. The SMILES string of the molecule is Cc1nc(C)c(C(=O)N[C@H]2COC3(CCN(CC(N)=O)CC3)C[C@]2(C)O)s1.O=CO. The van der Waals surface area contributed by atoms with E-state index in [9.17, 15) is 14.7 Å². The third kappa shape index (κ3) is 5.97. The first-order valence-electron chi connectivity index (χ1n) is 9.71. The Bertz CT molecular complexity index is 773. The fourth-order valence-electron chi connectivity index (χ4n) is 4.09. The van der Waals surface area contributed by atoms with Gasteiger partial charge >= 0.3 is 0 Å². The zero-order valence-corrected chi connectivity index (χ0v) is 18.3. The van der Waals surface area contributed by atoms with E-state index >= 15 is 0 Å². The van der Waals surface area contributed by atoms with Crippen molar-refractivity contribution in [3.63, 3.8) is 0 Å². The number of piperidine rings is 1. The highest BCUT2D eigenvalue weighted by atomic mass is 32.1. The number of aliphatic hydroxyl groups is 1. The van der Waals surface area contributed by atoms with E-state index in [0.717, 1.165) is 17.8 Å². The van der Waals surface area contributed by atoms with Crippen LogP contribution >= 0.6 is 11.3 Å². The first-order valence-corrected chi connectivity index (χ1v) is 10.5. The number of rotatable bonds is 4. The Kier molecular flexibility index (Phi) is 7.92. The summed E-state index contributed by atoms with van der Waals surface area (Å²) in [5.41, 5.74) is 4.47. The number of hydrogen-bond donors (Lipinski definition) is 4. The number of aryl methyl sites for hydroxylation is 2. The van der Waals surface area contributed by atoms with Crippen LogP contribution in [0.25, 0.3) is 0 Å². The lowest BCUT2D eigenvalue weighted by Gasteiger charge is -2.51. The highest BCUT2D eigenvalue weighted by molar-refractivity contribution is 7.13. The van der Waals surface area contributed by atoms with Gasteiger partial charge < -0.3 is 26.0 Å². The third-order valence-corrected chi connectivity index (χ3v) is 6.62. The van der Waals surface area contributed by atoms with Crippen molar-refractivity contribution < 1.29 is 29.3 Å². The Morgan fingerprint density at radius 1 is 1.40 bits per heavy atom. The van der Waals surface area contributed by atoms with Gasteiger partial charge in [0, 0.05) is 19.5 Å². The van der Waals surface area contributed by atoms with Crippen molar-refractivity contribution in [3.8, 4) is 0 Å². The minimum atomic E-state index is -1.08. The second-order valence-corrected chi connectivity index (χ2v) is 9.25. The third-order valence-electron chi connectivity index (χ3n) is 5.55. The van der Waals surface area contributed by atoms with Gasteiger partial charge in [-0.15, -0.1) is 11.3 Å². The number of amides is 2. The molecule has 5 N–H and O–H groups in total. The molecule has 2 atom stereocenters. The van der Waals surface area contributed by atoms with E-state index in [2.05, 4.69) is 10.3 Å². The van der Waals surface area contributed by atoms with Crippen molar-refractivity contribution in [2.24, 2.45) is 5.73 Å². The number of likely N-dealkylation sites (tertiary alicyclic amines) is 1. The monoisotopic (exact) mass is 442 g/mol. The summed E-state index contributed by atoms with van der Waals surface area (Å²) in [4.78, 5) is 38.9. The average Bonchev–Trinajstić information content (AvgIpc) is 2.98. The van der Waals surface area contributed by atoms with E-state index < -0.39 is 17.2 Å². The molecule has 3 heterocycles. The minimum absolute atomic E-state index is 0.223. The van der Waals surface area contributed by atoms with Gasteiger partial charge in [-0.3, -0.25) is 19.3 Å². The molecule has 1 spiro atoms. The quantitative estimate of drug-likeness (QED) is 0.477. The summed E-state index contributed by atoms with van der Waals surface area (Å²) in [6, 6.07) is -0.485. The number of thiazole rings is 1. The lowest BCUT2D eigenvalue weighted by atomic mass is 9.75. The van der Waals surface area contributed by atoms with E-state index in [1.165, 1.54) is 11.3 Å². The van der Waals surface area contributed by atoms with Crippen LogP contribution in [0.3, 0.4) is 0 Å². The first kappa shape index (κ1) is 24.2. The van der Waals surface area contributed by atoms with Crippen molar-refractivity contribution in [1.29, 1.82) is 0 Å². The lowest BCUT2D eigenvalue weighted by Crippen LogP contribution is -2.64.